The molecule has 2 aromatic heterocycles. The lowest BCUT2D eigenvalue weighted by Crippen LogP contribution is -2.22. The van der Waals surface area contributed by atoms with Crippen LogP contribution in [0.2, 0.25) is 0 Å². The number of nitrogens with one attached hydrogen (secondary N) is 1. The monoisotopic (exact) mass is 220 g/mol. The van der Waals surface area contributed by atoms with Gasteiger partial charge < -0.3 is 14.5 Å². The summed E-state index contributed by atoms with van der Waals surface area (Å²) in [6.07, 6.45) is 3.41. The van der Waals surface area contributed by atoms with Crippen molar-refractivity contribution in [3.63, 3.8) is 0 Å². The number of hydrogen-bond donors (Lipinski definition) is 1. The lowest BCUT2D eigenvalue weighted by atomic mass is 10.3. The molecule has 2 aromatic rings. The molecule has 0 saturated carbocycles. The number of anilines is 1. The molecule has 1 N–H and O–H groups in total. The van der Waals surface area contributed by atoms with Crippen molar-refractivity contribution in [3.8, 4) is 0 Å². The first-order valence-electron chi connectivity index (χ1n) is 5.47. The summed E-state index contributed by atoms with van der Waals surface area (Å²) < 4.78 is 10.7. The number of pyridine rings is 1. The second-order valence-corrected chi connectivity index (χ2v) is 3.70. The van der Waals surface area contributed by atoms with Gasteiger partial charge in [0.25, 0.3) is 0 Å². The first kappa shape index (κ1) is 11.0. The lowest BCUT2D eigenvalue weighted by molar-refractivity contribution is 0.141. The Labute approximate surface area is 94.6 Å². The van der Waals surface area contributed by atoms with Crippen LogP contribution in [0.5, 0.6) is 0 Å². The van der Waals surface area contributed by atoms with Crippen LogP contribution in [0.25, 0.3) is 11.0 Å². The fraction of sp³-hybridized carbons (Fsp3) is 0.417. The highest BCUT2D eigenvalue weighted by molar-refractivity contribution is 5.87. The van der Waals surface area contributed by atoms with E-state index in [9.17, 15) is 0 Å². The van der Waals surface area contributed by atoms with E-state index >= 15 is 0 Å². The van der Waals surface area contributed by atoms with Gasteiger partial charge in [-0.15, -0.1) is 0 Å². The minimum absolute atomic E-state index is 0.230. The van der Waals surface area contributed by atoms with Gasteiger partial charge in [-0.25, -0.2) is 4.98 Å². The summed E-state index contributed by atoms with van der Waals surface area (Å²) in [7, 11) is 0. The van der Waals surface area contributed by atoms with Crippen LogP contribution in [-0.4, -0.2) is 24.2 Å². The molecule has 4 heteroatoms. The average molecular weight is 220 g/mol. The topological polar surface area (TPSA) is 47.3 Å². The van der Waals surface area contributed by atoms with Crippen molar-refractivity contribution in [2.24, 2.45) is 0 Å². The van der Waals surface area contributed by atoms with Gasteiger partial charge in [0.05, 0.1) is 18.3 Å². The zero-order chi connectivity index (χ0) is 11.4. The van der Waals surface area contributed by atoms with E-state index < -0.39 is 0 Å². The molecule has 16 heavy (non-hydrogen) atoms. The van der Waals surface area contributed by atoms with E-state index in [0.29, 0.717) is 6.61 Å². The van der Waals surface area contributed by atoms with Gasteiger partial charge in [0.2, 0.25) is 0 Å². The average Bonchev–Trinajstić information content (AvgIpc) is 2.75. The third-order valence-corrected chi connectivity index (χ3v) is 2.33. The summed E-state index contributed by atoms with van der Waals surface area (Å²) in [5, 5.41) is 4.32. The molecule has 1 unspecified atom stereocenters. The first-order valence-corrected chi connectivity index (χ1v) is 5.47. The van der Waals surface area contributed by atoms with E-state index in [1.165, 1.54) is 0 Å². The molecule has 1 atom stereocenters. The summed E-state index contributed by atoms with van der Waals surface area (Å²) in [6.45, 7) is 5.46. The number of ether oxygens (including phenoxy) is 1. The predicted octanol–water partition coefficient (Wildman–Crippen LogP) is 2.66. The molecular weight excluding hydrogens is 204 g/mol. The summed E-state index contributed by atoms with van der Waals surface area (Å²) in [5.41, 5.74) is 0.848. The Morgan fingerprint density at radius 1 is 1.50 bits per heavy atom. The fourth-order valence-electron chi connectivity index (χ4n) is 1.58. The SMILES string of the molecule is CCOCC(C)Nc1nccc2occc12. The van der Waals surface area contributed by atoms with Crippen LogP contribution < -0.4 is 5.32 Å². The standard InChI is InChI=1S/C12H16N2O2/c1-3-15-8-9(2)14-12-10-5-7-16-11(10)4-6-13-12/h4-7,9H,3,8H2,1-2H3,(H,13,14). The number of fused-ring (bicyclic) bond motifs is 1. The molecule has 0 amide bonds. The minimum Gasteiger partial charge on any atom is -0.464 e. The molecule has 0 radical (unpaired) electrons. The minimum atomic E-state index is 0.230. The maximum atomic E-state index is 5.35. The number of rotatable bonds is 5. The Balaban J connectivity index is 2.11. The van der Waals surface area contributed by atoms with E-state index in [4.69, 9.17) is 9.15 Å². The van der Waals surface area contributed by atoms with Crippen LogP contribution in [0.3, 0.4) is 0 Å². The Morgan fingerprint density at radius 3 is 3.19 bits per heavy atom. The molecular formula is C12H16N2O2. The van der Waals surface area contributed by atoms with Crippen LogP contribution >= 0.6 is 0 Å². The van der Waals surface area contributed by atoms with Gasteiger partial charge in [-0.2, -0.15) is 0 Å². The third-order valence-electron chi connectivity index (χ3n) is 2.33. The number of hydrogen-bond acceptors (Lipinski definition) is 4. The normalized spacial score (nSPS) is 12.9. The number of furan rings is 1. The Morgan fingerprint density at radius 2 is 2.38 bits per heavy atom. The molecule has 2 rings (SSSR count). The van der Waals surface area contributed by atoms with Gasteiger partial charge in [0.15, 0.2) is 0 Å². The highest BCUT2D eigenvalue weighted by atomic mass is 16.5. The Bertz CT molecular complexity index is 453. The summed E-state index contributed by atoms with van der Waals surface area (Å²) in [5.74, 6) is 0.846. The molecule has 86 valence electrons. The van der Waals surface area contributed by atoms with E-state index in [1.807, 2.05) is 19.1 Å². The number of nitrogens with zero attached hydrogens (tertiary/aromatic N) is 1. The van der Waals surface area contributed by atoms with Crippen LogP contribution in [0.15, 0.2) is 29.0 Å². The fourth-order valence-corrected chi connectivity index (χ4v) is 1.58. The van der Waals surface area contributed by atoms with E-state index in [2.05, 4.69) is 17.2 Å². The molecule has 0 fully saturated rings. The molecule has 0 saturated heterocycles. The maximum absolute atomic E-state index is 5.35. The largest absolute Gasteiger partial charge is 0.464 e. The van der Waals surface area contributed by atoms with Gasteiger partial charge in [-0.05, 0) is 26.0 Å². The highest BCUT2D eigenvalue weighted by Gasteiger charge is 2.07. The van der Waals surface area contributed by atoms with Gasteiger partial charge in [0, 0.05) is 18.8 Å². The zero-order valence-electron chi connectivity index (χ0n) is 9.56. The quantitative estimate of drug-likeness (QED) is 0.841. The van der Waals surface area contributed by atoms with E-state index in [1.54, 1.807) is 12.5 Å². The molecule has 0 spiro atoms. The van der Waals surface area contributed by atoms with Crippen LogP contribution in [0.4, 0.5) is 5.82 Å². The molecule has 0 aliphatic heterocycles. The van der Waals surface area contributed by atoms with Crippen molar-refractivity contribution in [2.75, 3.05) is 18.5 Å². The van der Waals surface area contributed by atoms with Crippen LogP contribution in [-0.2, 0) is 4.74 Å². The van der Waals surface area contributed by atoms with Gasteiger partial charge >= 0.3 is 0 Å². The second-order valence-electron chi connectivity index (χ2n) is 3.70. The van der Waals surface area contributed by atoms with Gasteiger partial charge in [-0.1, -0.05) is 0 Å². The van der Waals surface area contributed by atoms with Crippen LogP contribution in [0, 0.1) is 0 Å². The maximum Gasteiger partial charge on any atom is 0.139 e. The Kier molecular flexibility index (Phi) is 3.41. The van der Waals surface area contributed by atoms with Crippen molar-refractivity contribution in [1.82, 2.24) is 4.98 Å². The number of aromatic nitrogens is 1. The van der Waals surface area contributed by atoms with Crippen LogP contribution in [0.1, 0.15) is 13.8 Å². The summed E-state index contributed by atoms with van der Waals surface area (Å²) in [4.78, 5) is 4.30. The molecule has 0 aliphatic carbocycles. The highest BCUT2D eigenvalue weighted by Crippen LogP contribution is 2.22. The zero-order valence-corrected chi connectivity index (χ0v) is 9.56. The summed E-state index contributed by atoms with van der Waals surface area (Å²) in [6, 6.07) is 4.00. The van der Waals surface area contributed by atoms with Crippen molar-refractivity contribution < 1.29 is 9.15 Å². The van der Waals surface area contributed by atoms with Gasteiger partial charge in [-0.3, -0.25) is 0 Å². The van der Waals surface area contributed by atoms with Crippen molar-refractivity contribution in [1.29, 1.82) is 0 Å². The van der Waals surface area contributed by atoms with Gasteiger partial charge in [0.1, 0.15) is 11.4 Å². The molecule has 4 nitrogen and oxygen atoms in total. The first-order chi connectivity index (χ1) is 7.81. The van der Waals surface area contributed by atoms with Crippen molar-refractivity contribution in [2.45, 2.75) is 19.9 Å². The predicted molar refractivity (Wildman–Crippen MR) is 63.6 cm³/mol. The molecule has 0 bridgehead atoms. The van der Waals surface area contributed by atoms with E-state index in [0.717, 1.165) is 23.4 Å². The summed E-state index contributed by atoms with van der Waals surface area (Å²) >= 11 is 0. The third kappa shape index (κ3) is 2.33. The Hall–Kier alpha value is -1.55. The van der Waals surface area contributed by atoms with E-state index in [-0.39, 0.29) is 6.04 Å². The molecule has 0 aromatic carbocycles. The van der Waals surface area contributed by atoms with Crippen molar-refractivity contribution >= 4 is 16.8 Å². The molecule has 2 heterocycles. The second kappa shape index (κ2) is 4.99. The lowest BCUT2D eigenvalue weighted by Gasteiger charge is -2.14. The van der Waals surface area contributed by atoms with Crippen molar-refractivity contribution in [3.05, 3.63) is 24.6 Å². The molecule has 0 aliphatic rings. The smallest absolute Gasteiger partial charge is 0.139 e.